The maximum atomic E-state index is 13.4. The first kappa shape index (κ1) is 20.8. The maximum absolute atomic E-state index is 13.4. The molecule has 0 unspecified atom stereocenters. The van der Waals surface area contributed by atoms with Crippen LogP contribution >= 0.6 is 15.9 Å². The molecule has 0 bridgehead atoms. The largest absolute Gasteiger partial charge is 0.311 e. The molecule has 5 rings (SSSR count). The Balaban J connectivity index is 1.79. The molecule has 3 aromatic carbocycles. The second kappa shape index (κ2) is 7.79. The number of para-hydroxylation sites is 1. The number of halogens is 1. The molecule has 1 aliphatic heterocycles. The molecule has 0 saturated carbocycles. The minimum absolute atomic E-state index is 0.0909. The molecule has 0 spiro atoms. The summed E-state index contributed by atoms with van der Waals surface area (Å²) in [5.74, 6) is 0.0258. The van der Waals surface area contributed by atoms with Gasteiger partial charge in [0, 0.05) is 29.2 Å². The number of nitro benzene ring substituents is 1. The molecular weight excluding hydrogens is 488 g/mol. The van der Waals surface area contributed by atoms with Gasteiger partial charge < -0.3 is 4.90 Å². The highest BCUT2D eigenvalue weighted by molar-refractivity contribution is 9.10. The Morgan fingerprint density at radius 2 is 1.76 bits per heavy atom. The van der Waals surface area contributed by atoms with Crippen LogP contribution in [0.25, 0.3) is 28.2 Å². The van der Waals surface area contributed by atoms with Crippen molar-refractivity contribution in [1.82, 2.24) is 9.55 Å². The van der Waals surface area contributed by atoms with Gasteiger partial charge in [0.1, 0.15) is 5.82 Å². The first-order valence-corrected chi connectivity index (χ1v) is 10.7. The molecule has 1 amide bonds. The zero-order chi connectivity index (χ0) is 23.3. The van der Waals surface area contributed by atoms with Crippen LogP contribution in [0.4, 0.5) is 11.4 Å². The van der Waals surface area contributed by atoms with Crippen molar-refractivity contribution in [2.75, 3.05) is 11.9 Å². The summed E-state index contributed by atoms with van der Waals surface area (Å²) in [6.07, 6.45) is 1.59. The summed E-state index contributed by atoms with van der Waals surface area (Å²) in [6.45, 7) is 0. The average molecular weight is 503 g/mol. The van der Waals surface area contributed by atoms with Gasteiger partial charge in [-0.1, -0.05) is 28.1 Å². The van der Waals surface area contributed by atoms with E-state index in [2.05, 4.69) is 20.9 Å². The van der Waals surface area contributed by atoms with Crippen LogP contribution in [0.1, 0.15) is 11.4 Å². The third kappa shape index (κ3) is 3.42. The normalized spacial score (nSPS) is 14.2. The van der Waals surface area contributed by atoms with Gasteiger partial charge >= 0.3 is 0 Å². The summed E-state index contributed by atoms with van der Waals surface area (Å²) in [4.78, 5) is 43.3. The number of rotatable bonds is 3. The predicted molar refractivity (Wildman–Crippen MR) is 129 cm³/mol. The Morgan fingerprint density at radius 1 is 1.03 bits per heavy atom. The van der Waals surface area contributed by atoms with Gasteiger partial charge in [-0.15, -0.1) is 0 Å². The summed E-state index contributed by atoms with van der Waals surface area (Å²) in [7, 11) is 1.69. The molecule has 0 radical (unpaired) electrons. The molecule has 162 valence electrons. The molecule has 9 heteroatoms. The van der Waals surface area contributed by atoms with E-state index in [9.17, 15) is 19.7 Å². The third-order valence-electron chi connectivity index (χ3n) is 5.54. The summed E-state index contributed by atoms with van der Waals surface area (Å²) >= 11 is 3.45. The van der Waals surface area contributed by atoms with Crippen LogP contribution in [-0.4, -0.2) is 27.4 Å². The number of hydrogen-bond donors (Lipinski definition) is 0. The second-order valence-electron chi connectivity index (χ2n) is 7.48. The van der Waals surface area contributed by atoms with E-state index in [1.54, 1.807) is 42.3 Å². The molecule has 1 aliphatic rings. The molecule has 0 fully saturated rings. The molecule has 8 nitrogen and oxygen atoms in total. The second-order valence-corrected chi connectivity index (χ2v) is 8.40. The molecule has 33 heavy (non-hydrogen) atoms. The fourth-order valence-electron chi connectivity index (χ4n) is 3.91. The predicted octanol–water partition coefficient (Wildman–Crippen LogP) is 4.57. The van der Waals surface area contributed by atoms with Gasteiger partial charge in [0.2, 0.25) is 0 Å². The molecule has 2 heterocycles. The zero-order valence-corrected chi connectivity index (χ0v) is 18.8. The lowest BCUT2D eigenvalue weighted by molar-refractivity contribution is -0.384. The van der Waals surface area contributed by atoms with Gasteiger partial charge in [0.25, 0.3) is 17.2 Å². The van der Waals surface area contributed by atoms with E-state index in [4.69, 9.17) is 0 Å². The zero-order valence-electron chi connectivity index (χ0n) is 17.2. The molecule has 1 aromatic heterocycles. The minimum atomic E-state index is -0.504. The van der Waals surface area contributed by atoms with Crippen LogP contribution in [0.2, 0.25) is 0 Å². The number of nitro groups is 1. The monoisotopic (exact) mass is 502 g/mol. The lowest BCUT2D eigenvalue weighted by atomic mass is 10.1. The summed E-state index contributed by atoms with van der Waals surface area (Å²) in [5.41, 5.74) is 2.33. The van der Waals surface area contributed by atoms with Crippen molar-refractivity contribution in [2.24, 2.45) is 0 Å². The number of hydrogen-bond acceptors (Lipinski definition) is 5. The van der Waals surface area contributed by atoms with Crippen molar-refractivity contribution in [1.29, 1.82) is 0 Å². The first-order valence-electron chi connectivity index (χ1n) is 9.91. The molecule has 0 N–H and O–H groups in total. The van der Waals surface area contributed by atoms with Gasteiger partial charge in [-0.25, -0.2) is 4.98 Å². The number of carbonyl (C=O) groups excluding carboxylic acids is 1. The van der Waals surface area contributed by atoms with E-state index in [0.29, 0.717) is 22.2 Å². The fraction of sp³-hybridized carbons (Fsp3) is 0.0417. The van der Waals surface area contributed by atoms with Crippen LogP contribution in [0.15, 0.2) is 76.0 Å². The summed E-state index contributed by atoms with van der Waals surface area (Å²) < 4.78 is 2.18. The Bertz CT molecular complexity index is 1560. The van der Waals surface area contributed by atoms with Crippen molar-refractivity contribution in [2.45, 2.75) is 0 Å². The molecule has 0 atom stereocenters. The first-order chi connectivity index (χ1) is 15.8. The van der Waals surface area contributed by atoms with Gasteiger partial charge in [-0.05, 0) is 48.5 Å². The van der Waals surface area contributed by atoms with Crippen LogP contribution in [0, 0.1) is 10.1 Å². The number of anilines is 1. The quantitative estimate of drug-likeness (QED) is 0.232. The van der Waals surface area contributed by atoms with E-state index in [-0.39, 0.29) is 23.0 Å². The topological polar surface area (TPSA) is 98.3 Å². The van der Waals surface area contributed by atoms with Crippen molar-refractivity contribution >= 4 is 55.8 Å². The number of amides is 1. The van der Waals surface area contributed by atoms with Crippen molar-refractivity contribution < 1.29 is 9.72 Å². The van der Waals surface area contributed by atoms with Crippen molar-refractivity contribution in [3.8, 4) is 5.69 Å². The van der Waals surface area contributed by atoms with Gasteiger partial charge in [-0.3, -0.25) is 24.3 Å². The average Bonchev–Trinajstić information content (AvgIpc) is 3.03. The molecular formula is C24H15BrN4O4. The van der Waals surface area contributed by atoms with Gasteiger partial charge in [0.15, 0.2) is 0 Å². The Kier molecular flexibility index (Phi) is 4.90. The Labute approximate surface area is 195 Å². The Hall–Kier alpha value is -4.11. The summed E-state index contributed by atoms with van der Waals surface area (Å²) in [5, 5.41) is 11.5. The number of non-ortho nitro benzene ring substituents is 1. The lowest BCUT2D eigenvalue weighted by Crippen LogP contribution is -2.23. The van der Waals surface area contributed by atoms with Crippen molar-refractivity contribution in [3.05, 3.63) is 103 Å². The number of aromatic nitrogens is 2. The number of likely N-dealkylation sites (N-methyl/N-ethyl adjacent to an activating group) is 1. The highest BCUT2D eigenvalue weighted by Crippen LogP contribution is 2.38. The van der Waals surface area contributed by atoms with Gasteiger partial charge in [0.05, 0.1) is 32.8 Å². The highest BCUT2D eigenvalue weighted by atomic mass is 79.9. The summed E-state index contributed by atoms with van der Waals surface area (Å²) in [6, 6.07) is 18.1. The molecule has 4 aromatic rings. The standard InChI is InChI=1S/C24H15BrN4O4/c1-27-21-11-6-14(25)12-18(21)19(23(27)30)13-22-26-20-5-3-2-4-17(20)24(31)28(22)15-7-9-16(10-8-15)29(32)33/h2-13H,1H3/b19-13+. The Morgan fingerprint density at radius 3 is 2.48 bits per heavy atom. The molecule has 0 aliphatic carbocycles. The van der Waals surface area contributed by atoms with Crippen LogP contribution < -0.4 is 10.5 Å². The lowest BCUT2D eigenvalue weighted by Gasteiger charge is -2.12. The number of nitrogens with zero attached hydrogens (tertiary/aromatic N) is 4. The fourth-order valence-corrected chi connectivity index (χ4v) is 4.27. The van der Waals surface area contributed by atoms with Crippen LogP contribution in [0.3, 0.4) is 0 Å². The van der Waals surface area contributed by atoms with Crippen LogP contribution in [0.5, 0.6) is 0 Å². The highest BCUT2D eigenvalue weighted by Gasteiger charge is 2.30. The van der Waals surface area contributed by atoms with E-state index in [1.807, 2.05) is 18.2 Å². The molecule has 0 saturated heterocycles. The smallest absolute Gasteiger partial charge is 0.269 e. The van der Waals surface area contributed by atoms with E-state index in [1.165, 1.54) is 28.8 Å². The van der Waals surface area contributed by atoms with E-state index >= 15 is 0 Å². The number of benzene rings is 3. The van der Waals surface area contributed by atoms with Crippen LogP contribution in [-0.2, 0) is 4.79 Å². The van der Waals surface area contributed by atoms with Gasteiger partial charge in [-0.2, -0.15) is 0 Å². The number of carbonyl (C=O) groups is 1. The van der Waals surface area contributed by atoms with Crippen molar-refractivity contribution in [3.63, 3.8) is 0 Å². The van der Waals surface area contributed by atoms with E-state index in [0.717, 1.165) is 15.7 Å². The van der Waals surface area contributed by atoms with E-state index < -0.39 is 4.92 Å². The third-order valence-corrected chi connectivity index (χ3v) is 6.03. The SMILES string of the molecule is CN1C(=O)/C(=C/c2nc3ccccc3c(=O)n2-c2ccc([N+](=O)[O-])cc2)c2cc(Br)ccc21. The number of fused-ring (bicyclic) bond motifs is 2. The maximum Gasteiger partial charge on any atom is 0.269 e. The minimum Gasteiger partial charge on any atom is -0.311 e.